The standard InChI is InChI=1S/C14H15N3O4/c1-9(2)16-8-15-7-13(16)11-5-4-10(14(18)21-3)6-12(11)17(19)20/h4-9H,1-3H3. The molecule has 0 aliphatic rings. The minimum Gasteiger partial charge on any atom is -0.465 e. The molecule has 0 atom stereocenters. The van der Waals surface area contributed by atoms with Crippen LogP contribution in [0, 0.1) is 10.1 Å². The zero-order valence-corrected chi connectivity index (χ0v) is 11.9. The van der Waals surface area contributed by atoms with Crippen molar-refractivity contribution in [2.45, 2.75) is 19.9 Å². The number of hydrogen-bond donors (Lipinski definition) is 0. The van der Waals surface area contributed by atoms with Crippen LogP contribution in [0.1, 0.15) is 30.2 Å². The maximum absolute atomic E-state index is 11.5. The van der Waals surface area contributed by atoms with Gasteiger partial charge in [-0.15, -0.1) is 0 Å². The maximum atomic E-state index is 11.5. The predicted molar refractivity (Wildman–Crippen MR) is 76.0 cm³/mol. The van der Waals surface area contributed by atoms with E-state index in [9.17, 15) is 14.9 Å². The number of benzene rings is 1. The van der Waals surface area contributed by atoms with Gasteiger partial charge in [-0.1, -0.05) is 0 Å². The third kappa shape index (κ3) is 2.76. The Balaban J connectivity index is 2.61. The van der Waals surface area contributed by atoms with Gasteiger partial charge in [0.2, 0.25) is 0 Å². The maximum Gasteiger partial charge on any atom is 0.338 e. The molecule has 0 N–H and O–H groups in total. The molecule has 7 heteroatoms. The van der Waals surface area contributed by atoms with Crippen LogP contribution in [0.2, 0.25) is 0 Å². The molecule has 0 fully saturated rings. The van der Waals surface area contributed by atoms with Crippen LogP contribution >= 0.6 is 0 Å². The Labute approximate surface area is 121 Å². The highest BCUT2D eigenvalue weighted by Gasteiger charge is 2.21. The van der Waals surface area contributed by atoms with E-state index in [0.29, 0.717) is 11.3 Å². The van der Waals surface area contributed by atoms with E-state index in [2.05, 4.69) is 9.72 Å². The average molecular weight is 289 g/mol. The zero-order valence-electron chi connectivity index (χ0n) is 11.9. The van der Waals surface area contributed by atoms with E-state index in [1.807, 2.05) is 18.4 Å². The van der Waals surface area contributed by atoms with Crippen molar-refractivity contribution < 1.29 is 14.5 Å². The fourth-order valence-electron chi connectivity index (χ4n) is 2.07. The highest BCUT2D eigenvalue weighted by molar-refractivity contribution is 5.91. The van der Waals surface area contributed by atoms with Crippen molar-refractivity contribution in [1.29, 1.82) is 0 Å². The molecule has 21 heavy (non-hydrogen) atoms. The Morgan fingerprint density at radius 3 is 2.71 bits per heavy atom. The first-order valence-corrected chi connectivity index (χ1v) is 6.34. The van der Waals surface area contributed by atoms with E-state index in [4.69, 9.17) is 0 Å². The molecule has 0 saturated heterocycles. The summed E-state index contributed by atoms with van der Waals surface area (Å²) < 4.78 is 6.42. The number of nitro groups is 1. The molecule has 1 aromatic heterocycles. The Morgan fingerprint density at radius 1 is 1.43 bits per heavy atom. The third-order valence-corrected chi connectivity index (χ3v) is 3.11. The number of carbonyl (C=O) groups is 1. The summed E-state index contributed by atoms with van der Waals surface area (Å²) in [6.45, 7) is 3.92. The third-order valence-electron chi connectivity index (χ3n) is 3.11. The van der Waals surface area contributed by atoms with Crippen molar-refractivity contribution in [3.63, 3.8) is 0 Å². The molecule has 0 saturated carbocycles. The zero-order chi connectivity index (χ0) is 15.6. The molecular formula is C14H15N3O4. The summed E-state index contributed by atoms with van der Waals surface area (Å²) >= 11 is 0. The summed E-state index contributed by atoms with van der Waals surface area (Å²) in [4.78, 5) is 26.3. The Morgan fingerprint density at radius 2 is 2.14 bits per heavy atom. The minimum atomic E-state index is -0.609. The number of esters is 1. The van der Waals surface area contributed by atoms with E-state index >= 15 is 0 Å². The smallest absolute Gasteiger partial charge is 0.338 e. The molecule has 0 radical (unpaired) electrons. The van der Waals surface area contributed by atoms with Crippen molar-refractivity contribution in [1.82, 2.24) is 9.55 Å². The van der Waals surface area contributed by atoms with E-state index in [-0.39, 0.29) is 17.3 Å². The molecule has 0 amide bonds. The number of carbonyl (C=O) groups excluding carboxylic acids is 1. The van der Waals surface area contributed by atoms with Crippen molar-refractivity contribution in [3.05, 3.63) is 46.4 Å². The molecule has 0 bridgehead atoms. The Hall–Kier alpha value is -2.70. The molecule has 0 aliphatic heterocycles. The molecule has 2 aromatic rings. The fourth-order valence-corrected chi connectivity index (χ4v) is 2.07. The van der Waals surface area contributed by atoms with Crippen LogP contribution in [0.15, 0.2) is 30.7 Å². The van der Waals surface area contributed by atoms with Gasteiger partial charge in [0.25, 0.3) is 5.69 Å². The van der Waals surface area contributed by atoms with Gasteiger partial charge >= 0.3 is 5.97 Å². The van der Waals surface area contributed by atoms with Gasteiger partial charge in [-0.05, 0) is 26.0 Å². The van der Waals surface area contributed by atoms with Gasteiger partial charge in [-0.25, -0.2) is 9.78 Å². The molecule has 0 aliphatic carbocycles. The molecule has 110 valence electrons. The van der Waals surface area contributed by atoms with Gasteiger partial charge in [-0.2, -0.15) is 0 Å². The van der Waals surface area contributed by atoms with E-state index in [1.54, 1.807) is 18.6 Å². The lowest BCUT2D eigenvalue weighted by molar-refractivity contribution is -0.384. The van der Waals surface area contributed by atoms with Gasteiger partial charge < -0.3 is 9.30 Å². The van der Waals surface area contributed by atoms with Crippen molar-refractivity contribution in [2.24, 2.45) is 0 Å². The first kappa shape index (κ1) is 14.7. The topological polar surface area (TPSA) is 87.3 Å². The Bertz CT molecular complexity index is 691. The van der Waals surface area contributed by atoms with Crippen molar-refractivity contribution in [2.75, 3.05) is 7.11 Å². The molecule has 7 nitrogen and oxygen atoms in total. The number of rotatable bonds is 4. The number of hydrogen-bond acceptors (Lipinski definition) is 5. The van der Waals surface area contributed by atoms with Crippen molar-refractivity contribution in [3.8, 4) is 11.3 Å². The number of ether oxygens (including phenoxy) is 1. The average Bonchev–Trinajstić information content (AvgIpc) is 2.95. The van der Waals surface area contributed by atoms with Gasteiger partial charge in [0.1, 0.15) is 0 Å². The SMILES string of the molecule is COC(=O)c1ccc(-c2cncn2C(C)C)c([N+](=O)[O-])c1. The number of imidazole rings is 1. The highest BCUT2D eigenvalue weighted by Crippen LogP contribution is 2.32. The summed E-state index contributed by atoms with van der Waals surface area (Å²) in [6.07, 6.45) is 3.19. The van der Waals surface area contributed by atoms with Crippen LogP contribution in [0.25, 0.3) is 11.3 Å². The molecule has 1 aromatic carbocycles. The second kappa shape index (κ2) is 5.74. The second-order valence-corrected chi connectivity index (χ2v) is 4.76. The van der Waals surface area contributed by atoms with E-state index in [1.165, 1.54) is 19.2 Å². The summed E-state index contributed by atoms with van der Waals surface area (Å²) in [5, 5.41) is 11.3. The van der Waals surface area contributed by atoms with Crippen molar-refractivity contribution >= 4 is 11.7 Å². The summed E-state index contributed by atoms with van der Waals surface area (Å²) in [5.74, 6) is -0.609. The van der Waals surface area contributed by atoms with Crippen LogP contribution in [0.5, 0.6) is 0 Å². The molecule has 0 spiro atoms. The second-order valence-electron chi connectivity index (χ2n) is 4.76. The minimum absolute atomic E-state index is 0.113. The van der Waals surface area contributed by atoms with Gasteiger partial charge in [0, 0.05) is 12.1 Å². The number of nitro benzene ring substituents is 1. The van der Waals surface area contributed by atoms with Crippen LogP contribution in [0.4, 0.5) is 5.69 Å². The first-order valence-electron chi connectivity index (χ1n) is 6.34. The monoisotopic (exact) mass is 289 g/mol. The van der Waals surface area contributed by atoms with Crippen LogP contribution in [-0.4, -0.2) is 27.6 Å². The fraction of sp³-hybridized carbons (Fsp3) is 0.286. The molecular weight excluding hydrogens is 274 g/mol. The lowest BCUT2D eigenvalue weighted by Crippen LogP contribution is -2.05. The first-order chi connectivity index (χ1) is 9.95. The normalized spacial score (nSPS) is 10.7. The van der Waals surface area contributed by atoms with E-state index in [0.717, 1.165) is 0 Å². The van der Waals surface area contributed by atoms with E-state index < -0.39 is 10.9 Å². The highest BCUT2D eigenvalue weighted by atomic mass is 16.6. The van der Waals surface area contributed by atoms with Gasteiger partial charge in [-0.3, -0.25) is 10.1 Å². The van der Waals surface area contributed by atoms with Gasteiger partial charge in [0.05, 0.1) is 41.4 Å². The lowest BCUT2D eigenvalue weighted by Gasteiger charge is -2.12. The molecule has 1 heterocycles. The summed E-state index contributed by atoms with van der Waals surface area (Å²) in [5.41, 5.74) is 1.04. The summed E-state index contributed by atoms with van der Waals surface area (Å²) in [7, 11) is 1.23. The number of aromatic nitrogens is 2. The van der Waals surface area contributed by atoms with Gasteiger partial charge in [0.15, 0.2) is 0 Å². The molecule has 0 unspecified atom stereocenters. The lowest BCUT2D eigenvalue weighted by atomic mass is 10.1. The number of methoxy groups -OCH3 is 1. The van der Waals surface area contributed by atoms with Crippen LogP contribution in [0.3, 0.4) is 0 Å². The van der Waals surface area contributed by atoms with Crippen LogP contribution < -0.4 is 0 Å². The quantitative estimate of drug-likeness (QED) is 0.490. The predicted octanol–water partition coefficient (Wildman–Crippen LogP) is 2.83. The molecule has 2 rings (SSSR count). The largest absolute Gasteiger partial charge is 0.465 e. The Kier molecular flexibility index (Phi) is 4.02. The number of nitrogens with zero attached hydrogens (tertiary/aromatic N) is 3. The van der Waals surface area contributed by atoms with Crippen LogP contribution in [-0.2, 0) is 4.74 Å². The summed E-state index contributed by atoms with van der Waals surface area (Å²) in [6, 6.07) is 4.38.